The van der Waals surface area contributed by atoms with Crippen LogP contribution in [-0.4, -0.2) is 36.0 Å². The molecule has 1 fully saturated rings. The Bertz CT molecular complexity index is 486. The monoisotopic (exact) mass is 363 g/mol. The van der Waals surface area contributed by atoms with Crippen molar-refractivity contribution in [3.05, 3.63) is 0 Å². The van der Waals surface area contributed by atoms with E-state index in [4.69, 9.17) is 13.6 Å². The predicted octanol–water partition coefficient (Wildman–Crippen LogP) is 3.23. The quantitative estimate of drug-likeness (QED) is 0.666. The smallest absolute Gasteiger partial charge is 0.356 e. The van der Waals surface area contributed by atoms with Gasteiger partial charge in [-0.25, -0.2) is 4.57 Å². The second-order valence-electron chi connectivity index (χ2n) is 7.98. The van der Waals surface area contributed by atoms with E-state index in [1.807, 2.05) is 0 Å². The number of nitrogens with one attached hydrogen (secondary N) is 1. The van der Waals surface area contributed by atoms with E-state index < -0.39 is 19.0 Å². The van der Waals surface area contributed by atoms with Gasteiger partial charge in [0.25, 0.3) is 0 Å². The van der Waals surface area contributed by atoms with Crippen LogP contribution >= 0.6 is 7.82 Å². The first-order valence-corrected chi connectivity index (χ1v) is 9.71. The van der Waals surface area contributed by atoms with Crippen LogP contribution in [-0.2, 0) is 27.7 Å². The lowest BCUT2D eigenvalue weighted by molar-refractivity contribution is -0.124. The number of hydrogen-bond acceptors (Lipinski definition) is 6. The number of phosphoric ester groups is 1. The first kappa shape index (κ1) is 21.3. The summed E-state index contributed by atoms with van der Waals surface area (Å²) >= 11 is 0. The number of amides is 1. The van der Waals surface area contributed by atoms with E-state index in [2.05, 4.69) is 5.32 Å². The second kappa shape index (κ2) is 8.09. The van der Waals surface area contributed by atoms with Gasteiger partial charge >= 0.3 is 7.82 Å². The third-order valence-corrected chi connectivity index (χ3v) is 5.08. The first-order valence-electron chi connectivity index (χ1n) is 8.25. The molecule has 0 bridgehead atoms. The zero-order valence-electron chi connectivity index (χ0n) is 15.5. The molecule has 1 heterocycles. The number of carbonyl (C=O) groups is 2. The van der Waals surface area contributed by atoms with E-state index in [0.717, 1.165) is 6.42 Å². The summed E-state index contributed by atoms with van der Waals surface area (Å²) in [6.45, 7) is 10.7. The highest BCUT2D eigenvalue weighted by Gasteiger charge is 2.37. The van der Waals surface area contributed by atoms with E-state index in [0.29, 0.717) is 13.0 Å². The van der Waals surface area contributed by atoms with Crippen molar-refractivity contribution < 1.29 is 27.7 Å². The molecular weight excluding hydrogens is 333 g/mol. The van der Waals surface area contributed by atoms with Crippen molar-refractivity contribution in [3.8, 4) is 0 Å². The molecule has 1 N–H and O–H groups in total. The second-order valence-corrected chi connectivity index (χ2v) is 9.50. The minimum Gasteiger partial charge on any atom is -0.356 e. The SMILES string of the molecule is CC(C)(C)OP(=O)(OCC(=O)CC[C@H]1CCNC1=O)OC(C)(C)C. The average Bonchev–Trinajstić information content (AvgIpc) is 2.75. The summed E-state index contributed by atoms with van der Waals surface area (Å²) in [6, 6.07) is 0. The molecule has 7 nitrogen and oxygen atoms in total. The molecule has 24 heavy (non-hydrogen) atoms. The van der Waals surface area contributed by atoms with Gasteiger partial charge in [-0.1, -0.05) is 0 Å². The van der Waals surface area contributed by atoms with Crippen LogP contribution < -0.4 is 5.32 Å². The van der Waals surface area contributed by atoms with Crippen LogP contribution in [0.5, 0.6) is 0 Å². The molecule has 0 aromatic carbocycles. The molecule has 1 aliphatic heterocycles. The molecule has 1 saturated heterocycles. The molecule has 0 saturated carbocycles. The maximum atomic E-state index is 12.8. The minimum absolute atomic E-state index is 0.0125. The topological polar surface area (TPSA) is 90.9 Å². The average molecular weight is 363 g/mol. The molecule has 140 valence electrons. The number of rotatable bonds is 8. The highest BCUT2D eigenvalue weighted by molar-refractivity contribution is 7.48. The summed E-state index contributed by atoms with van der Waals surface area (Å²) < 4.78 is 28.9. The van der Waals surface area contributed by atoms with Crippen molar-refractivity contribution in [1.29, 1.82) is 0 Å². The molecule has 1 aliphatic rings. The van der Waals surface area contributed by atoms with Crippen molar-refractivity contribution in [3.63, 3.8) is 0 Å². The molecule has 0 spiro atoms. The summed E-state index contributed by atoms with van der Waals surface area (Å²) in [5.41, 5.74) is -1.49. The van der Waals surface area contributed by atoms with Crippen LogP contribution in [0.4, 0.5) is 0 Å². The van der Waals surface area contributed by atoms with Gasteiger partial charge < -0.3 is 5.32 Å². The number of phosphoric acid groups is 1. The Kier molecular flexibility index (Phi) is 7.17. The Morgan fingerprint density at radius 1 is 1.17 bits per heavy atom. The van der Waals surface area contributed by atoms with Crippen molar-refractivity contribution in [2.75, 3.05) is 13.2 Å². The number of ketones is 1. The lowest BCUT2D eigenvalue weighted by atomic mass is 10.0. The van der Waals surface area contributed by atoms with E-state index in [-0.39, 0.29) is 30.6 Å². The molecule has 1 rings (SSSR count). The van der Waals surface area contributed by atoms with Crippen LogP contribution in [0.1, 0.15) is 60.8 Å². The maximum absolute atomic E-state index is 12.8. The standard InChI is InChI=1S/C16H30NO6P/c1-15(2,3)22-24(20,23-16(4,5)6)21-11-13(18)8-7-12-9-10-17-14(12)19/h12H,7-11H2,1-6H3,(H,17,19)/t12-/m0/s1. The summed E-state index contributed by atoms with van der Waals surface area (Å²) in [5, 5.41) is 2.74. The number of Topliss-reactive ketones (excluding diaryl/α,β-unsaturated/α-hetero) is 1. The first-order chi connectivity index (χ1) is 10.8. The summed E-state index contributed by atoms with van der Waals surface area (Å²) in [7, 11) is -3.88. The van der Waals surface area contributed by atoms with Gasteiger partial charge in [0.2, 0.25) is 5.91 Å². The van der Waals surface area contributed by atoms with Gasteiger partial charge in [0.1, 0.15) is 6.61 Å². The number of carbonyl (C=O) groups excluding carboxylic acids is 2. The molecule has 0 unspecified atom stereocenters. The molecule has 0 aromatic rings. The van der Waals surface area contributed by atoms with Gasteiger partial charge in [-0.05, 0) is 54.4 Å². The van der Waals surface area contributed by atoms with Gasteiger partial charge in [0.05, 0.1) is 11.2 Å². The van der Waals surface area contributed by atoms with Crippen molar-refractivity contribution in [2.45, 2.75) is 72.0 Å². The summed E-state index contributed by atoms with van der Waals surface area (Å²) in [5.74, 6) is -0.371. The predicted molar refractivity (Wildman–Crippen MR) is 90.6 cm³/mol. The third-order valence-electron chi connectivity index (χ3n) is 3.09. The lowest BCUT2D eigenvalue weighted by Gasteiger charge is -2.30. The largest absolute Gasteiger partial charge is 0.476 e. The van der Waals surface area contributed by atoms with Crippen molar-refractivity contribution in [1.82, 2.24) is 5.32 Å². The fraction of sp³-hybridized carbons (Fsp3) is 0.875. The van der Waals surface area contributed by atoms with Gasteiger partial charge in [0, 0.05) is 18.9 Å². The van der Waals surface area contributed by atoms with Crippen LogP contribution in [0.25, 0.3) is 0 Å². The highest BCUT2D eigenvalue weighted by atomic mass is 31.2. The lowest BCUT2D eigenvalue weighted by Crippen LogP contribution is -2.25. The van der Waals surface area contributed by atoms with Crippen LogP contribution in [0.2, 0.25) is 0 Å². The fourth-order valence-corrected chi connectivity index (χ4v) is 4.01. The molecule has 8 heteroatoms. The van der Waals surface area contributed by atoms with Gasteiger partial charge in [-0.3, -0.25) is 23.2 Å². The fourth-order valence-electron chi connectivity index (χ4n) is 2.22. The summed E-state index contributed by atoms with van der Waals surface area (Å²) in [4.78, 5) is 23.5. The number of hydrogen-bond donors (Lipinski definition) is 1. The van der Waals surface area contributed by atoms with Crippen molar-refractivity contribution in [2.24, 2.45) is 5.92 Å². The summed E-state index contributed by atoms with van der Waals surface area (Å²) in [6.07, 6.45) is 1.41. The van der Waals surface area contributed by atoms with Crippen LogP contribution in [0, 0.1) is 5.92 Å². The van der Waals surface area contributed by atoms with Gasteiger partial charge in [0.15, 0.2) is 5.78 Å². The highest BCUT2D eigenvalue weighted by Crippen LogP contribution is 2.55. The van der Waals surface area contributed by atoms with Gasteiger partial charge in [-0.15, -0.1) is 0 Å². The molecule has 0 radical (unpaired) electrons. The minimum atomic E-state index is -3.88. The maximum Gasteiger partial charge on any atom is 0.476 e. The Balaban J connectivity index is 2.55. The van der Waals surface area contributed by atoms with E-state index in [1.165, 1.54) is 0 Å². The Morgan fingerprint density at radius 2 is 1.71 bits per heavy atom. The molecular formula is C16H30NO6P. The van der Waals surface area contributed by atoms with E-state index in [9.17, 15) is 14.2 Å². The third kappa shape index (κ3) is 8.38. The molecule has 0 aliphatic carbocycles. The Hall–Kier alpha value is -0.750. The van der Waals surface area contributed by atoms with E-state index in [1.54, 1.807) is 41.5 Å². The Morgan fingerprint density at radius 3 is 2.12 bits per heavy atom. The van der Waals surface area contributed by atoms with Gasteiger partial charge in [-0.2, -0.15) is 0 Å². The Labute approximate surface area is 144 Å². The molecule has 1 amide bonds. The van der Waals surface area contributed by atoms with Crippen LogP contribution in [0.15, 0.2) is 0 Å². The molecule has 0 aromatic heterocycles. The van der Waals surface area contributed by atoms with Crippen molar-refractivity contribution >= 4 is 19.5 Å². The normalized spacial score (nSPS) is 19.4. The van der Waals surface area contributed by atoms with E-state index >= 15 is 0 Å². The zero-order valence-corrected chi connectivity index (χ0v) is 16.4. The van der Waals surface area contributed by atoms with Crippen LogP contribution in [0.3, 0.4) is 0 Å². The zero-order chi connectivity index (χ0) is 18.6. The molecule has 1 atom stereocenters.